The average Bonchev–Trinajstić information content (AvgIpc) is 3.12. The molecule has 0 unspecified atom stereocenters. The maximum absolute atomic E-state index is 13.0. The number of ether oxygens (including phenoxy) is 2. The topological polar surface area (TPSA) is 67.9 Å². The molecule has 178 valence electrons. The summed E-state index contributed by atoms with van der Waals surface area (Å²) in [5.74, 6) is 0.543. The Balaban J connectivity index is 1.44. The molecule has 35 heavy (non-hydrogen) atoms. The number of nitrogens with one attached hydrogen (secondary N) is 1. The minimum atomic E-state index is -0.273. The Morgan fingerprint density at radius 1 is 1.00 bits per heavy atom. The Labute approximate surface area is 213 Å². The molecular formula is C27H24N2O4S2. The van der Waals surface area contributed by atoms with E-state index in [0.29, 0.717) is 39.6 Å². The van der Waals surface area contributed by atoms with E-state index in [-0.39, 0.29) is 18.4 Å². The summed E-state index contributed by atoms with van der Waals surface area (Å²) in [5, 5.41) is 2.78. The van der Waals surface area contributed by atoms with Gasteiger partial charge in [-0.3, -0.25) is 14.5 Å². The smallest absolute Gasteiger partial charge is 0.266 e. The normalized spacial score (nSPS) is 14.3. The largest absolute Gasteiger partial charge is 0.490 e. The molecule has 0 saturated carbocycles. The van der Waals surface area contributed by atoms with E-state index in [2.05, 4.69) is 5.32 Å². The van der Waals surface area contributed by atoms with Crippen molar-refractivity contribution in [3.63, 3.8) is 0 Å². The lowest BCUT2D eigenvalue weighted by atomic mass is 10.1. The summed E-state index contributed by atoms with van der Waals surface area (Å²) in [4.78, 5) is 27.4. The van der Waals surface area contributed by atoms with Crippen molar-refractivity contribution in [2.24, 2.45) is 0 Å². The van der Waals surface area contributed by atoms with Crippen molar-refractivity contribution in [3.05, 3.63) is 94.9 Å². The maximum Gasteiger partial charge on any atom is 0.266 e. The van der Waals surface area contributed by atoms with Crippen LogP contribution in [0.3, 0.4) is 0 Å². The van der Waals surface area contributed by atoms with Gasteiger partial charge < -0.3 is 14.8 Å². The molecule has 2 amide bonds. The third-order valence-corrected chi connectivity index (χ3v) is 6.42. The Kier molecular flexibility index (Phi) is 8.18. The number of thioether (sulfide) groups is 1. The van der Waals surface area contributed by atoms with E-state index >= 15 is 0 Å². The highest BCUT2D eigenvalue weighted by atomic mass is 32.2. The van der Waals surface area contributed by atoms with Gasteiger partial charge in [-0.05, 0) is 48.4 Å². The molecule has 6 nitrogen and oxygen atoms in total. The zero-order chi connectivity index (χ0) is 24.6. The first-order valence-electron chi connectivity index (χ1n) is 11.1. The van der Waals surface area contributed by atoms with E-state index in [9.17, 15) is 9.59 Å². The second-order valence-corrected chi connectivity index (χ2v) is 9.27. The highest BCUT2D eigenvalue weighted by Crippen LogP contribution is 2.35. The lowest BCUT2D eigenvalue weighted by Crippen LogP contribution is -2.27. The van der Waals surface area contributed by atoms with Crippen LogP contribution < -0.4 is 14.8 Å². The number of carbonyl (C=O) groups is 2. The first-order chi connectivity index (χ1) is 17.0. The van der Waals surface area contributed by atoms with E-state index < -0.39 is 0 Å². The number of nitrogens with zero attached hydrogens (tertiary/aromatic N) is 1. The number of thiocarbonyl (C=S) groups is 1. The minimum absolute atomic E-state index is 0.125. The molecule has 1 heterocycles. The number of benzene rings is 3. The molecule has 0 radical (unpaired) electrons. The van der Waals surface area contributed by atoms with Crippen molar-refractivity contribution < 1.29 is 19.1 Å². The summed E-state index contributed by atoms with van der Waals surface area (Å²) in [7, 11) is 0. The van der Waals surface area contributed by atoms with Gasteiger partial charge in [-0.1, -0.05) is 78.6 Å². The van der Waals surface area contributed by atoms with Crippen LogP contribution in [0, 0.1) is 0 Å². The zero-order valence-electron chi connectivity index (χ0n) is 19.1. The van der Waals surface area contributed by atoms with E-state index in [4.69, 9.17) is 21.7 Å². The van der Waals surface area contributed by atoms with Crippen molar-refractivity contribution in [2.45, 2.75) is 13.5 Å². The third kappa shape index (κ3) is 6.49. The fraction of sp³-hybridized carbons (Fsp3) is 0.148. The second-order valence-electron chi connectivity index (χ2n) is 7.60. The summed E-state index contributed by atoms with van der Waals surface area (Å²) >= 11 is 6.73. The van der Waals surface area contributed by atoms with Crippen molar-refractivity contribution in [1.82, 2.24) is 4.90 Å². The van der Waals surface area contributed by atoms with Crippen LogP contribution in [0.15, 0.2) is 83.8 Å². The van der Waals surface area contributed by atoms with Gasteiger partial charge in [0.1, 0.15) is 4.32 Å². The first-order valence-corrected chi connectivity index (χ1v) is 12.3. The van der Waals surface area contributed by atoms with Crippen molar-refractivity contribution >= 4 is 51.9 Å². The Hall–Kier alpha value is -3.62. The van der Waals surface area contributed by atoms with Crippen LogP contribution in [0.4, 0.5) is 5.69 Å². The molecule has 0 atom stereocenters. The van der Waals surface area contributed by atoms with Crippen molar-refractivity contribution in [2.75, 3.05) is 18.5 Å². The number of anilines is 1. The molecule has 1 N–H and O–H groups in total. The number of carbonyl (C=O) groups excluding carboxylic acids is 2. The third-order valence-electron chi connectivity index (χ3n) is 5.04. The molecule has 1 saturated heterocycles. The summed E-state index contributed by atoms with van der Waals surface area (Å²) in [6.45, 7) is 2.57. The maximum atomic E-state index is 13.0. The number of amides is 2. The lowest BCUT2D eigenvalue weighted by molar-refractivity contribution is -0.122. The van der Waals surface area contributed by atoms with Gasteiger partial charge in [0.05, 0.1) is 18.1 Å². The predicted octanol–water partition coefficient (Wildman–Crippen LogP) is 5.50. The van der Waals surface area contributed by atoms with Gasteiger partial charge in [0, 0.05) is 5.69 Å². The summed E-state index contributed by atoms with van der Waals surface area (Å²) < 4.78 is 12.0. The predicted molar refractivity (Wildman–Crippen MR) is 143 cm³/mol. The van der Waals surface area contributed by atoms with E-state index in [1.807, 2.05) is 61.5 Å². The number of para-hydroxylation sites is 1. The number of rotatable bonds is 9. The van der Waals surface area contributed by atoms with Crippen LogP contribution in [0.1, 0.15) is 18.1 Å². The summed E-state index contributed by atoms with van der Waals surface area (Å²) in [6.07, 6.45) is 1.79. The molecule has 0 aromatic heterocycles. The van der Waals surface area contributed by atoms with Gasteiger partial charge in [-0.25, -0.2) is 0 Å². The van der Waals surface area contributed by atoms with Gasteiger partial charge in [0.15, 0.2) is 18.1 Å². The van der Waals surface area contributed by atoms with Crippen LogP contribution in [0.25, 0.3) is 6.08 Å². The van der Waals surface area contributed by atoms with Crippen LogP contribution >= 0.6 is 24.0 Å². The van der Waals surface area contributed by atoms with Gasteiger partial charge in [-0.15, -0.1) is 0 Å². The molecular weight excluding hydrogens is 480 g/mol. The van der Waals surface area contributed by atoms with Gasteiger partial charge in [-0.2, -0.15) is 0 Å². The van der Waals surface area contributed by atoms with Crippen LogP contribution in [-0.4, -0.2) is 34.2 Å². The van der Waals surface area contributed by atoms with E-state index in [1.54, 1.807) is 35.2 Å². The fourth-order valence-electron chi connectivity index (χ4n) is 3.42. The molecule has 0 bridgehead atoms. The molecule has 0 aliphatic carbocycles. The number of hydrogen-bond donors (Lipinski definition) is 1. The highest BCUT2D eigenvalue weighted by molar-refractivity contribution is 8.26. The minimum Gasteiger partial charge on any atom is -0.490 e. The van der Waals surface area contributed by atoms with Gasteiger partial charge in [0.2, 0.25) is 0 Å². The Morgan fingerprint density at radius 3 is 2.43 bits per heavy atom. The highest BCUT2D eigenvalue weighted by Gasteiger charge is 2.32. The standard InChI is InChI=1S/C27H24N2O4S2/c1-2-32-23-15-20(13-14-22(23)33-18-25(30)28-21-11-7-4-8-12-21)16-24-26(31)29(27(34)35-24)17-19-9-5-3-6-10-19/h3-16H,2,17-18H2,1H3,(H,28,30)/b24-16-. The molecule has 8 heteroatoms. The first kappa shape index (κ1) is 24.5. The van der Waals surface area contributed by atoms with Crippen LogP contribution in [0.2, 0.25) is 0 Å². The molecule has 3 aromatic rings. The molecule has 3 aromatic carbocycles. The Bertz CT molecular complexity index is 1250. The lowest BCUT2D eigenvalue weighted by Gasteiger charge is -2.14. The SMILES string of the molecule is CCOc1cc(/C=C2\SC(=S)N(Cc3ccccc3)C2=O)ccc1OCC(=O)Nc1ccccc1. The summed E-state index contributed by atoms with van der Waals surface area (Å²) in [5.41, 5.74) is 2.49. The Morgan fingerprint density at radius 2 is 1.71 bits per heavy atom. The molecule has 0 spiro atoms. The fourth-order valence-corrected chi connectivity index (χ4v) is 4.67. The zero-order valence-corrected chi connectivity index (χ0v) is 20.7. The molecule has 1 aliphatic rings. The monoisotopic (exact) mass is 504 g/mol. The van der Waals surface area contributed by atoms with Crippen LogP contribution in [0.5, 0.6) is 11.5 Å². The average molecular weight is 505 g/mol. The van der Waals surface area contributed by atoms with Gasteiger partial charge >= 0.3 is 0 Å². The molecule has 4 rings (SSSR count). The molecule has 1 fully saturated rings. The van der Waals surface area contributed by atoms with E-state index in [1.165, 1.54) is 11.8 Å². The summed E-state index contributed by atoms with van der Waals surface area (Å²) in [6, 6.07) is 24.3. The van der Waals surface area contributed by atoms with Gasteiger partial charge in [0.25, 0.3) is 11.8 Å². The van der Waals surface area contributed by atoms with Crippen LogP contribution in [-0.2, 0) is 16.1 Å². The van der Waals surface area contributed by atoms with Crippen molar-refractivity contribution in [3.8, 4) is 11.5 Å². The quantitative estimate of drug-likeness (QED) is 0.306. The molecule has 1 aliphatic heterocycles. The van der Waals surface area contributed by atoms with E-state index in [0.717, 1.165) is 11.1 Å². The van der Waals surface area contributed by atoms with Crippen molar-refractivity contribution in [1.29, 1.82) is 0 Å². The second kappa shape index (κ2) is 11.7. The number of hydrogen-bond acceptors (Lipinski definition) is 6.